The number of halogens is 2. The van der Waals surface area contributed by atoms with Gasteiger partial charge in [0.1, 0.15) is 13.2 Å². The number of nitrogens with zero attached hydrogens (tertiary/aromatic N) is 1. The number of hydrogen-bond acceptors (Lipinski definition) is 6. The van der Waals surface area contributed by atoms with E-state index < -0.39 is 5.76 Å². The third-order valence-electron chi connectivity index (χ3n) is 3.61. The van der Waals surface area contributed by atoms with Crippen LogP contribution in [0.5, 0.6) is 11.5 Å². The van der Waals surface area contributed by atoms with Crippen LogP contribution < -0.4 is 14.8 Å². The summed E-state index contributed by atoms with van der Waals surface area (Å²) < 4.78 is 36.6. The molecule has 0 fully saturated rings. The molecule has 0 bridgehead atoms. The van der Waals surface area contributed by atoms with Crippen LogP contribution in [-0.4, -0.2) is 29.9 Å². The van der Waals surface area contributed by atoms with Gasteiger partial charge < -0.3 is 9.47 Å². The molecular weight excluding hydrogens is 382 g/mol. The molecule has 26 heavy (non-hydrogen) atoms. The summed E-state index contributed by atoms with van der Waals surface area (Å²) in [5, 5.41) is 3.13. The lowest BCUT2D eigenvalue weighted by atomic mass is 10.2. The predicted molar refractivity (Wildman–Crippen MR) is 96.9 cm³/mol. The highest BCUT2D eigenvalue weighted by molar-refractivity contribution is 7.99. The van der Waals surface area contributed by atoms with Crippen LogP contribution in [0.3, 0.4) is 0 Å². The highest BCUT2D eigenvalue weighted by Crippen LogP contribution is 2.33. The molecule has 134 valence electrons. The number of alkyl halides is 2. The first-order chi connectivity index (χ1) is 12.6. The lowest BCUT2D eigenvalue weighted by molar-refractivity contribution is 0.102. The van der Waals surface area contributed by atoms with Crippen LogP contribution in [0.15, 0.2) is 41.3 Å². The second kappa shape index (κ2) is 7.08. The van der Waals surface area contributed by atoms with Gasteiger partial charge in [-0.15, -0.1) is 0 Å². The first kappa shape index (κ1) is 17.0. The molecule has 1 aliphatic heterocycles. The molecule has 0 unspecified atom stereocenters. The molecule has 1 N–H and O–H groups in total. The van der Waals surface area contributed by atoms with Gasteiger partial charge in [0.25, 0.3) is 11.7 Å². The third-order valence-corrected chi connectivity index (χ3v) is 5.25. The van der Waals surface area contributed by atoms with Gasteiger partial charge in [-0.2, -0.15) is 8.78 Å². The molecule has 2 heterocycles. The Morgan fingerprint density at radius 1 is 1.15 bits per heavy atom. The first-order valence-electron chi connectivity index (χ1n) is 7.65. The Hall–Kier alpha value is -2.39. The van der Waals surface area contributed by atoms with Gasteiger partial charge in [-0.3, -0.25) is 10.1 Å². The van der Waals surface area contributed by atoms with E-state index in [0.29, 0.717) is 57.6 Å². The van der Waals surface area contributed by atoms with E-state index in [-0.39, 0.29) is 5.91 Å². The number of amides is 1. The van der Waals surface area contributed by atoms with Crippen molar-refractivity contribution in [1.82, 2.24) is 4.98 Å². The minimum Gasteiger partial charge on any atom is -0.486 e. The van der Waals surface area contributed by atoms with Crippen molar-refractivity contribution in [2.45, 2.75) is 10.7 Å². The molecule has 2 aromatic carbocycles. The predicted octanol–water partition coefficient (Wildman–Crippen LogP) is 4.63. The van der Waals surface area contributed by atoms with Gasteiger partial charge in [-0.1, -0.05) is 23.1 Å². The van der Waals surface area contributed by atoms with Gasteiger partial charge in [0, 0.05) is 10.5 Å². The van der Waals surface area contributed by atoms with E-state index in [0.717, 1.165) is 4.70 Å². The number of fused-ring (bicyclic) bond motifs is 2. The van der Waals surface area contributed by atoms with E-state index in [4.69, 9.17) is 9.47 Å². The number of nitrogens with one attached hydrogen (secondary N) is 1. The number of benzene rings is 2. The molecule has 1 aromatic heterocycles. The number of rotatable bonds is 4. The summed E-state index contributed by atoms with van der Waals surface area (Å²) in [6.45, 7) is 0.922. The second-order valence-corrected chi connectivity index (χ2v) is 7.43. The summed E-state index contributed by atoms with van der Waals surface area (Å²) in [4.78, 5) is 17.2. The molecule has 9 heteroatoms. The van der Waals surface area contributed by atoms with Crippen LogP contribution in [0.2, 0.25) is 0 Å². The fourth-order valence-electron chi connectivity index (χ4n) is 2.49. The Labute approximate surface area is 155 Å². The Morgan fingerprint density at radius 3 is 2.77 bits per heavy atom. The Kier molecular flexibility index (Phi) is 4.64. The molecule has 0 atom stereocenters. The lowest BCUT2D eigenvalue weighted by Crippen LogP contribution is -2.17. The molecule has 0 saturated carbocycles. The number of carbonyl (C=O) groups excluding carboxylic acids is 1. The standard InChI is InChI=1S/C17H12F2N2O3S2/c18-16(19)25-10-2-3-11-14(8-10)26-17(20-11)21-15(22)9-1-4-12-13(7-9)24-6-5-23-12/h1-4,7-8,16H,5-6H2,(H,20,21,22). The minimum absolute atomic E-state index is 0.330. The van der Waals surface area contributed by atoms with Crippen LogP contribution in [0.1, 0.15) is 10.4 Å². The summed E-state index contributed by atoms with van der Waals surface area (Å²) in [6, 6.07) is 9.85. The lowest BCUT2D eigenvalue weighted by Gasteiger charge is -2.18. The molecule has 4 rings (SSSR count). The molecule has 1 aliphatic rings. The van der Waals surface area contributed by atoms with E-state index >= 15 is 0 Å². The van der Waals surface area contributed by atoms with Crippen LogP contribution in [0.4, 0.5) is 13.9 Å². The van der Waals surface area contributed by atoms with Gasteiger partial charge in [0.05, 0.1) is 10.2 Å². The number of thiazole rings is 1. The van der Waals surface area contributed by atoms with Crippen molar-refractivity contribution in [3.05, 3.63) is 42.0 Å². The fraction of sp³-hybridized carbons (Fsp3) is 0.176. The second-order valence-electron chi connectivity index (χ2n) is 5.34. The zero-order chi connectivity index (χ0) is 18.1. The number of thioether (sulfide) groups is 1. The normalized spacial score (nSPS) is 13.2. The van der Waals surface area contributed by atoms with Gasteiger partial charge in [-0.05, 0) is 36.4 Å². The van der Waals surface area contributed by atoms with Crippen molar-refractivity contribution >= 4 is 44.4 Å². The molecule has 0 aliphatic carbocycles. The maximum atomic E-state index is 12.5. The quantitative estimate of drug-likeness (QED) is 0.654. The van der Waals surface area contributed by atoms with Crippen LogP contribution >= 0.6 is 23.1 Å². The number of aromatic nitrogens is 1. The summed E-state index contributed by atoms with van der Waals surface area (Å²) in [6.07, 6.45) is 0. The van der Waals surface area contributed by atoms with Crippen molar-refractivity contribution in [2.24, 2.45) is 0 Å². The van der Waals surface area contributed by atoms with Crippen molar-refractivity contribution in [2.75, 3.05) is 18.5 Å². The Balaban J connectivity index is 1.53. The van der Waals surface area contributed by atoms with Crippen LogP contribution in [-0.2, 0) is 0 Å². The Morgan fingerprint density at radius 2 is 1.96 bits per heavy atom. The number of anilines is 1. The van der Waals surface area contributed by atoms with E-state index in [1.165, 1.54) is 11.3 Å². The monoisotopic (exact) mass is 394 g/mol. The van der Waals surface area contributed by atoms with Crippen LogP contribution in [0.25, 0.3) is 10.2 Å². The van der Waals surface area contributed by atoms with Gasteiger partial charge in [0.2, 0.25) is 0 Å². The Bertz CT molecular complexity index is 978. The van der Waals surface area contributed by atoms with E-state index in [9.17, 15) is 13.6 Å². The maximum absolute atomic E-state index is 12.5. The fourth-order valence-corrected chi connectivity index (χ4v) is 4.00. The number of ether oxygens (including phenoxy) is 2. The molecule has 5 nitrogen and oxygen atoms in total. The van der Waals surface area contributed by atoms with Crippen molar-refractivity contribution < 1.29 is 23.0 Å². The van der Waals surface area contributed by atoms with E-state index in [1.807, 2.05) is 0 Å². The average Bonchev–Trinajstić information content (AvgIpc) is 3.02. The van der Waals surface area contributed by atoms with Gasteiger partial charge >= 0.3 is 0 Å². The minimum atomic E-state index is -2.48. The smallest absolute Gasteiger partial charge is 0.288 e. The zero-order valence-corrected chi connectivity index (χ0v) is 14.8. The highest BCUT2D eigenvalue weighted by atomic mass is 32.2. The van der Waals surface area contributed by atoms with Gasteiger partial charge in [-0.25, -0.2) is 4.98 Å². The number of hydrogen-bond donors (Lipinski definition) is 1. The summed E-state index contributed by atoms with van der Waals surface area (Å²) in [5.41, 5.74) is 1.06. The largest absolute Gasteiger partial charge is 0.486 e. The van der Waals surface area contributed by atoms with Crippen molar-refractivity contribution in [3.8, 4) is 11.5 Å². The third kappa shape index (κ3) is 3.58. The molecule has 0 saturated heterocycles. The highest BCUT2D eigenvalue weighted by Gasteiger charge is 2.16. The van der Waals surface area contributed by atoms with E-state index in [2.05, 4.69) is 10.3 Å². The SMILES string of the molecule is O=C(Nc1nc2ccc(SC(F)F)cc2s1)c1ccc2c(c1)OCCO2. The topological polar surface area (TPSA) is 60.5 Å². The zero-order valence-electron chi connectivity index (χ0n) is 13.2. The van der Waals surface area contributed by atoms with Gasteiger partial charge in [0.15, 0.2) is 16.6 Å². The van der Waals surface area contributed by atoms with E-state index in [1.54, 1.807) is 36.4 Å². The molecule has 1 amide bonds. The molecular formula is C17H12F2N2O3S2. The molecule has 0 radical (unpaired) electrons. The summed E-state index contributed by atoms with van der Waals surface area (Å²) in [5.74, 6) is -1.67. The summed E-state index contributed by atoms with van der Waals surface area (Å²) in [7, 11) is 0. The first-order valence-corrected chi connectivity index (χ1v) is 9.34. The molecule has 3 aromatic rings. The summed E-state index contributed by atoms with van der Waals surface area (Å²) >= 11 is 1.71. The van der Waals surface area contributed by atoms with Crippen molar-refractivity contribution in [3.63, 3.8) is 0 Å². The number of carbonyl (C=O) groups is 1. The maximum Gasteiger partial charge on any atom is 0.288 e. The molecule has 0 spiro atoms. The van der Waals surface area contributed by atoms with Crippen molar-refractivity contribution in [1.29, 1.82) is 0 Å². The average molecular weight is 394 g/mol. The van der Waals surface area contributed by atoms with Crippen LogP contribution in [0, 0.1) is 0 Å².